The van der Waals surface area contributed by atoms with Gasteiger partial charge in [0.15, 0.2) is 0 Å². The molecule has 0 radical (unpaired) electrons. The molecule has 0 spiro atoms. The van der Waals surface area contributed by atoms with Crippen molar-refractivity contribution < 1.29 is 29.3 Å². The molecule has 0 N–H and O–H groups in total. The van der Waals surface area contributed by atoms with E-state index in [1.807, 2.05) is 0 Å². The van der Waals surface area contributed by atoms with E-state index in [1.54, 1.807) is 25.3 Å². The molecule has 1 aliphatic rings. The SMILES string of the molecule is CCCCCCCCCCCCCCCC(C1=[C]([Pt]([CH3])([CH3])[CH3])CC=C1)[Si](OC)(OC)OC. The molecule has 0 saturated carbocycles. The molecule has 0 saturated heterocycles. The van der Waals surface area contributed by atoms with E-state index < -0.39 is 24.9 Å². The van der Waals surface area contributed by atoms with Gasteiger partial charge in [0.05, 0.1) is 0 Å². The fourth-order valence-electron chi connectivity index (χ4n) is 4.81. The van der Waals surface area contributed by atoms with Crippen molar-refractivity contribution in [2.45, 2.75) is 125 Å². The van der Waals surface area contributed by atoms with Crippen molar-refractivity contribution in [3.8, 4) is 0 Å². The monoisotopic (exact) mass is 649 g/mol. The summed E-state index contributed by atoms with van der Waals surface area (Å²) in [5, 5.41) is 7.48. The molecular formula is C27H54O3PtSi. The van der Waals surface area contributed by atoms with E-state index in [-0.39, 0.29) is 5.54 Å². The molecule has 0 amide bonds. The van der Waals surface area contributed by atoms with E-state index in [0.717, 1.165) is 12.8 Å². The van der Waals surface area contributed by atoms with Gasteiger partial charge in [-0.25, -0.2) is 0 Å². The Balaban J connectivity index is 2.45. The van der Waals surface area contributed by atoms with E-state index in [9.17, 15) is 0 Å². The quantitative estimate of drug-likeness (QED) is 0.0972. The zero-order valence-electron chi connectivity index (χ0n) is 22.4. The second kappa shape index (κ2) is 16.8. The standard InChI is InChI=1S/C24H45O3Si.3CH3.Pt/c1-5-6-7-8-9-10-11-12-13-14-15-16-17-22-24(23-20-18-19-21-23)28(25-2,26-3)27-4;;;;/h18,20,24H,5-17,19,22H2,1-4H3;3*1H3;. The molecule has 0 aromatic rings. The summed E-state index contributed by atoms with van der Waals surface area (Å²) in [5.74, 6) is 0. The third-order valence-corrected chi connectivity index (χ3v) is 15.1. The first-order chi connectivity index (χ1) is 15.4. The van der Waals surface area contributed by atoms with Crippen LogP contribution in [0.2, 0.25) is 21.5 Å². The molecule has 1 atom stereocenters. The Bertz CT molecular complexity index is 541. The summed E-state index contributed by atoms with van der Waals surface area (Å²) in [4.78, 5) is 0. The molecule has 0 aromatic heterocycles. The van der Waals surface area contributed by atoms with Gasteiger partial charge in [-0.1, -0.05) is 39.0 Å². The van der Waals surface area contributed by atoms with Crippen molar-refractivity contribution in [1.29, 1.82) is 0 Å². The summed E-state index contributed by atoms with van der Waals surface area (Å²) in [6.07, 6.45) is 25.0. The molecule has 0 aromatic carbocycles. The molecule has 1 unspecified atom stereocenters. The summed E-state index contributed by atoms with van der Waals surface area (Å²) in [6.45, 7) is 2.29. The normalized spacial score (nSPS) is 16.2. The van der Waals surface area contributed by atoms with Gasteiger partial charge in [-0.2, -0.15) is 0 Å². The van der Waals surface area contributed by atoms with Gasteiger partial charge in [-0.3, -0.25) is 0 Å². The Labute approximate surface area is 205 Å². The number of rotatable bonds is 20. The van der Waals surface area contributed by atoms with Gasteiger partial charge >= 0.3 is 167 Å². The van der Waals surface area contributed by atoms with Gasteiger partial charge in [-0.15, -0.1) is 0 Å². The van der Waals surface area contributed by atoms with Crippen molar-refractivity contribution in [2.75, 3.05) is 21.3 Å². The summed E-state index contributed by atoms with van der Waals surface area (Å²) >= 11 is -1.84. The van der Waals surface area contributed by atoms with Gasteiger partial charge in [0.2, 0.25) is 0 Å². The molecule has 5 heteroatoms. The van der Waals surface area contributed by atoms with Gasteiger partial charge < -0.3 is 0 Å². The molecule has 0 bridgehead atoms. The number of allylic oxidation sites excluding steroid dienone is 4. The first-order valence-corrected chi connectivity index (χ1v) is 22.5. The van der Waals surface area contributed by atoms with Crippen molar-refractivity contribution in [3.05, 3.63) is 21.7 Å². The van der Waals surface area contributed by atoms with Crippen LogP contribution in [0.15, 0.2) is 21.7 Å². The second-order valence-electron chi connectivity index (χ2n) is 9.65. The fourth-order valence-corrected chi connectivity index (χ4v) is 11.9. The van der Waals surface area contributed by atoms with Crippen LogP contribution in [-0.4, -0.2) is 30.1 Å². The minimum absolute atomic E-state index is 0.270. The summed E-state index contributed by atoms with van der Waals surface area (Å²) < 4.78 is 19.6. The molecule has 1 aliphatic carbocycles. The Morgan fingerprint density at radius 1 is 0.750 bits per heavy atom. The van der Waals surface area contributed by atoms with Crippen LogP contribution in [0.4, 0.5) is 0 Å². The van der Waals surface area contributed by atoms with Crippen LogP contribution in [0.1, 0.15) is 103 Å². The molecular weight excluding hydrogens is 595 g/mol. The number of hydrogen-bond donors (Lipinski definition) is 0. The minimum atomic E-state index is -2.72. The molecule has 3 nitrogen and oxygen atoms in total. The second-order valence-corrected chi connectivity index (χ2v) is 24.4. The van der Waals surface area contributed by atoms with Crippen LogP contribution < -0.4 is 0 Å². The predicted octanol–water partition coefficient (Wildman–Crippen LogP) is 9.23. The molecule has 0 heterocycles. The van der Waals surface area contributed by atoms with Crippen LogP contribution in [0.25, 0.3) is 0 Å². The van der Waals surface area contributed by atoms with Gasteiger partial charge in [-0.05, 0) is 0 Å². The average molecular weight is 650 g/mol. The summed E-state index contributed by atoms with van der Waals surface area (Å²) in [6, 6.07) is 0. The Kier molecular flexibility index (Phi) is 15.9. The van der Waals surface area contributed by atoms with E-state index in [1.165, 1.54) is 89.0 Å². The van der Waals surface area contributed by atoms with Crippen molar-refractivity contribution in [2.24, 2.45) is 0 Å². The zero-order valence-corrected chi connectivity index (χ0v) is 25.7. The topological polar surface area (TPSA) is 27.7 Å². The van der Waals surface area contributed by atoms with Crippen LogP contribution in [0, 0.1) is 0 Å². The molecule has 32 heavy (non-hydrogen) atoms. The van der Waals surface area contributed by atoms with E-state index in [0.29, 0.717) is 0 Å². The zero-order chi connectivity index (χ0) is 23.9. The van der Waals surface area contributed by atoms with Gasteiger partial charge in [0, 0.05) is 0 Å². The maximum absolute atomic E-state index is 5.98. The van der Waals surface area contributed by atoms with Crippen LogP contribution in [-0.2, 0) is 29.3 Å². The average Bonchev–Trinajstić information content (AvgIpc) is 3.27. The third-order valence-electron chi connectivity index (χ3n) is 6.70. The van der Waals surface area contributed by atoms with Crippen LogP contribution in [0.5, 0.6) is 0 Å². The van der Waals surface area contributed by atoms with E-state index in [2.05, 4.69) is 35.0 Å². The molecule has 1 rings (SSSR count). The Hall–Kier alpha value is 0.265. The third kappa shape index (κ3) is 10.3. The molecule has 0 fully saturated rings. The van der Waals surface area contributed by atoms with Crippen molar-refractivity contribution >= 4 is 8.80 Å². The maximum atomic E-state index is 5.98. The first kappa shape index (κ1) is 30.3. The first-order valence-electron chi connectivity index (χ1n) is 12.8. The Morgan fingerprint density at radius 2 is 1.19 bits per heavy atom. The summed E-state index contributed by atoms with van der Waals surface area (Å²) in [5.41, 5.74) is 1.76. The van der Waals surface area contributed by atoms with E-state index >= 15 is 0 Å². The predicted molar refractivity (Wildman–Crippen MR) is 139 cm³/mol. The van der Waals surface area contributed by atoms with Gasteiger partial charge in [0.25, 0.3) is 0 Å². The molecule has 0 aliphatic heterocycles. The number of unbranched alkanes of at least 4 members (excludes halogenated alkanes) is 12. The van der Waals surface area contributed by atoms with Crippen molar-refractivity contribution in [1.82, 2.24) is 0 Å². The van der Waals surface area contributed by atoms with E-state index in [4.69, 9.17) is 13.3 Å². The molecule has 194 valence electrons. The van der Waals surface area contributed by atoms with Crippen LogP contribution in [0.3, 0.4) is 0 Å². The Morgan fingerprint density at radius 3 is 1.59 bits per heavy atom. The van der Waals surface area contributed by atoms with Crippen LogP contribution >= 0.6 is 0 Å². The fraction of sp³-hybridized carbons (Fsp3) is 0.852. The van der Waals surface area contributed by atoms with Crippen molar-refractivity contribution in [3.63, 3.8) is 0 Å². The van der Waals surface area contributed by atoms with Gasteiger partial charge in [0.1, 0.15) is 0 Å². The number of hydrogen-bond acceptors (Lipinski definition) is 3. The summed E-state index contributed by atoms with van der Waals surface area (Å²) in [7, 11) is 2.60.